The number of carbonyl (C=O) groups is 2. The van der Waals surface area contributed by atoms with Gasteiger partial charge >= 0.3 is 5.97 Å². The fraction of sp³-hybridized carbons (Fsp3) is 0.500. The lowest BCUT2D eigenvalue weighted by atomic mass is 10.1. The van der Waals surface area contributed by atoms with E-state index in [0.717, 1.165) is 0 Å². The topological polar surface area (TPSA) is 122 Å². The van der Waals surface area contributed by atoms with Gasteiger partial charge in [-0.3, -0.25) is 4.79 Å². The summed E-state index contributed by atoms with van der Waals surface area (Å²) in [5, 5.41) is 9.06. The first-order valence-corrected chi connectivity index (χ1v) is 9.47. The molecular formula is C16H22N2O7S. The Morgan fingerprint density at radius 3 is 2.81 bits per heavy atom. The first kappa shape index (κ1) is 20.3. The van der Waals surface area contributed by atoms with Crippen molar-refractivity contribution < 1.29 is 32.6 Å². The molecule has 1 atom stereocenters. The van der Waals surface area contributed by atoms with Gasteiger partial charge in [-0.25, -0.2) is 17.9 Å². The normalized spacial score (nSPS) is 17.9. The van der Waals surface area contributed by atoms with Crippen molar-refractivity contribution in [2.45, 2.75) is 17.9 Å². The molecule has 2 N–H and O–H groups in total. The molecular weight excluding hydrogens is 364 g/mol. The third-order valence-electron chi connectivity index (χ3n) is 3.98. The number of benzene rings is 1. The highest BCUT2D eigenvalue weighted by Gasteiger charge is 2.30. The van der Waals surface area contributed by atoms with Crippen molar-refractivity contribution in [1.82, 2.24) is 9.62 Å². The lowest BCUT2D eigenvalue weighted by Crippen LogP contribution is -2.48. The maximum absolute atomic E-state index is 12.8. The maximum Gasteiger partial charge on any atom is 0.334 e. The van der Waals surface area contributed by atoms with Gasteiger partial charge in [0.25, 0.3) is 5.91 Å². The SMILES string of the molecule is COCCNS(=O)(=O)c1ccc(C)c(C(=O)N2CCOC(C(=O)O)C2)c1. The summed E-state index contributed by atoms with van der Waals surface area (Å²) in [7, 11) is -2.32. The number of carbonyl (C=O) groups excluding carboxylic acids is 1. The van der Waals surface area contributed by atoms with Crippen LogP contribution in [0.5, 0.6) is 0 Å². The van der Waals surface area contributed by atoms with Crippen molar-refractivity contribution in [3.63, 3.8) is 0 Å². The highest BCUT2D eigenvalue weighted by Crippen LogP contribution is 2.19. The third-order valence-corrected chi connectivity index (χ3v) is 5.44. The average molecular weight is 386 g/mol. The zero-order chi connectivity index (χ0) is 19.3. The molecule has 10 heteroatoms. The summed E-state index contributed by atoms with van der Waals surface area (Å²) in [6, 6.07) is 4.27. The Morgan fingerprint density at radius 1 is 1.42 bits per heavy atom. The molecule has 1 fully saturated rings. The predicted molar refractivity (Wildman–Crippen MR) is 91.5 cm³/mol. The van der Waals surface area contributed by atoms with Crippen LogP contribution in [0, 0.1) is 6.92 Å². The molecule has 0 bridgehead atoms. The number of rotatable bonds is 7. The van der Waals surface area contributed by atoms with Crippen molar-refractivity contribution in [3.8, 4) is 0 Å². The lowest BCUT2D eigenvalue weighted by Gasteiger charge is -2.31. The van der Waals surface area contributed by atoms with Gasteiger partial charge in [0.1, 0.15) is 0 Å². The summed E-state index contributed by atoms with van der Waals surface area (Å²) >= 11 is 0. The second-order valence-electron chi connectivity index (χ2n) is 5.82. The molecule has 0 aliphatic carbocycles. The highest BCUT2D eigenvalue weighted by atomic mass is 32.2. The number of carboxylic acid groups (broad SMARTS) is 1. The van der Waals surface area contributed by atoms with Gasteiger partial charge in [0.2, 0.25) is 10.0 Å². The Hall–Kier alpha value is -2.01. The van der Waals surface area contributed by atoms with Gasteiger partial charge in [-0.15, -0.1) is 0 Å². The minimum absolute atomic E-state index is 0.0365. The van der Waals surface area contributed by atoms with E-state index < -0.39 is 28.0 Å². The number of hydrogen-bond donors (Lipinski definition) is 2. The van der Waals surface area contributed by atoms with Crippen LogP contribution >= 0.6 is 0 Å². The summed E-state index contributed by atoms with van der Waals surface area (Å²) in [4.78, 5) is 25.2. The summed E-state index contributed by atoms with van der Waals surface area (Å²) < 4.78 is 37.0. The predicted octanol–water partition coefficient (Wildman–Crippen LogP) is -0.155. The molecule has 1 amide bonds. The van der Waals surface area contributed by atoms with Crippen LogP contribution in [-0.2, 0) is 24.3 Å². The highest BCUT2D eigenvalue weighted by molar-refractivity contribution is 7.89. The molecule has 2 rings (SSSR count). The number of sulfonamides is 1. The lowest BCUT2D eigenvalue weighted by molar-refractivity contribution is -0.154. The largest absolute Gasteiger partial charge is 0.479 e. The van der Waals surface area contributed by atoms with Crippen LogP contribution in [0.3, 0.4) is 0 Å². The number of methoxy groups -OCH3 is 1. The summed E-state index contributed by atoms with van der Waals surface area (Å²) in [6.45, 7) is 2.29. The summed E-state index contributed by atoms with van der Waals surface area (Å²) in [5.41, 5.74) is 0.815. The zero-order valence-electron chi connectivity index (χ0n) is 14.6. The van der Waals surface area contributed by atoms with Gasteiger partial charge < -0.3 is 19.5 Å². The Labute approximate surface area is 151 Å². The molecule has 1 aliphatic rings. The van der Waals surface area contributed by atoms with Gasteiger partial charge in [0, 0.05) is 25.8 Å². The number of aliphatic carboxylic acids is 1. The van der Waals surface area contributed by atoms with Crippen molar-refractivity contribution >= 4 is 21.9 Å². The maximum atomic E-state index is 12.8. The van der Waals surface area contributed by atoms with E-state index >= 15 is 0 Å². The summed E-state index contributed by atoms with van der Waals surface area (Å²) in [5.74, 6) is -1.57. The zero-order valence-corrected chi connectivity index (χ0v) is 15.4. The third kappa shape index (κ3) is 4.79. The fourth-order valence-electron chi connectivity index (χ4n) is 2.51. The fourth-order valence-corrected chi connectivity index (χ4v) is 3.55. The van der Waals surface area contributed by atoms with Crippen LogP contribution in [0.4, 0.5) is 0 Å². The van der Waals surface area contributed by atoms with Gasteiger partial charge in [0.05, 0.1) is 24.7 Å². The molecule has 1 saturated heterocycles. The van der Waals surface area contributed by atoms with Gasteiger partial charge in [0.15, 0.2) is 6.10 Å². The van der Waals surface area contributed by atoms with E-state index in [2.05, 4.69) is 4.72 Å². The molecule has 9 nitrogen and oxygen atoms in total. The molecule has 0 aromatic heterocycles. The second kappa shape index (κ2) is 8.58. The minimum Gasteiger partial charge on any atom is -0.479 e. The van der Waals surface area contributed by atoms with Crippen LogP contribution < -0.4 is 4.72 Å². The van der Waals surface area contributed by atoms with Crippen LogP contribution in [0.1, 0.15) is 15.9 Å². The number of nitrogens with one attached hydrogen (secondary N) is 1. The van der Waals surface area contributed by atoms with Crippen LogP contribution in [0.2, 0.25) is 0 Å². The molecule has 144 valence electrons. The van der Waals surface area contributed by atoms with Gasteiger partial charge in [-0.1, -0.05) is 6.07 Å². The van der Waals surface area contributed by atoms with Gasteiger partial charge in [-0.05, 0) is 24.6 Å². The van der Waals surface area contributed by atoms with E-state index in [4.69, 9.17) is 14.6 Å². The van der Waals surface area contributed by atoms with E-state index in [9.17, 15) is 18.0 Å². The first-order valence-electron chi connectivity index (χ1n) is 7.99. The van der Waals surface area contributed by atoms with Crippen molar-refractivity contribution in [3.05, 3.63) is 29.3 Å². The molecule has 1 aromatic rings. The minimum atomic E-state index is -3.78. The first-order chi connectivity index (χ1) is 12.3. The number of morpholine rings is 1. The number of aryl methyl sites for hydroxylation is 1. The van der Waals surface area contributed by atoms with E-state index in [1.807, 2.05) is 0 Å². The Kier molecular flexibility index (Phi) is 6.70. The molecule has 1 aliphatic heterocycles. The molecule has 1 unspecified atom stereocenters. The van der Waals surface area contributed by atoms with Crippen LogP contribution in [-0.4, -0.2) is 76.4 Å². The number of nitrogens with zero attached hydrogens (tertiary/aromatic N) is 1. The standard InChI is InChI=1S/C16H22N2O7S/c1-11-3-4-12(26(22,23)17-5-7-24-2)9-13(11)15(19)18-6-8-25-14(10-18)16(20)21/h3-4,9,14,17H,5-8,10H2,1-2H3,(H,20,21). The van der Waals surface area contributed by atoms with Crippen LogP contribution in [0.15, 0.2) is 23.1 Å². The molecule has 1 heterocycles. The monoisotopic (exact) mass is 386 g/mol. The summed E-state index contributed by atoms with van der Waals surface area (Å²) in [6.07, 6.45) is -1.09. The number of amides is 1. The van der Waals surface area contributed by atoms with E-state index in [1.54, 1.807) is 13.0 Å². The molecule has 1 aromatic carbocycles. The van der Waals surface area contributed by atoms with Crippen LogP contribution in [0.25, 0.3) is 0 Å². The quantitative estimate of drug-likeness (QED) is 0.625. The Balaban J connectivity index is 2.23. The van der Waals surface area contributed by atoms with Crippen molar-refractivity contribution in [2.24, 2.45) is 0 Å². The average Bonchev–Trinajstić information content (AvgIpc) is 2.61. The van der Waals surface area contributed by atoms with Crippen molar-refractivity contribution in [1.29, 1.82) is 0 Å². The molecule has 0 spiro atoms. The van der Waals surface area contributed by atoms with E-state index in [-0.39, 0.29) is 43.3 Å². The van der Waals surface area contributed by atoms with E-state index in [0.29, 0.717) is 5.56 Å². The Bertz CT molecular complexity index is 779. The molecule has 0 radical (unpaired) electrons. The number of ether oxygens (including phenoxy) is 2. The van der Waals surface area contributed by atoms with E-state index in [1.165, 1.54) is 24.1 Å². The second-order valence-corrected chi connectivity index (χ2v) is 7.58. The Morgan fingerprint density at radius 2 is 2.15 bits per heavy atom. The molecule has 26 heavy (non-hydrogen) atoms. The smallest absolute Gasteiger partial charge is 0.334 e. The molecule has 0 saturated carbocycles. The number of hydrogen-bond acceptors (Lipinski definition) is 6. The number of carboxylic acids is 1. The van der Waals surface area contributed by atoms with Crippen molar-refractivity contribution in [2.75, 3.05) is 40.0 Å². The van der Waals surface area contributed by atoms with Gasteiger partial charge in [-0.2, -0.15) is 0 Å².